The van der Waals surface area contributed by atoms with E-state index in [1.807, 2.05) is 30.3 Å². The summed E-state index contributed by atoms with van der Waals surface area (Å²) in [4.78, 5) is 2.29. The zero-order valence-corrected chi connectivity index (χ0v) is 11.8. The highest BCUT2D eigenvalue weighted by atomic mass is 35.5. The number of rotatable bonds is 6. The van der Waals surface area contributed by atoms with Crippen molar-refractivity contribution in [1.29, 1.82) is 0 Å². The van der Waals surface area contributed by atoms with Crippen molar-refractivity contribution < 1.29 is 4.74 Å². The van der Waals surface area contributed by atoms with Gasteiger partial charge in [-0.25, -0.2) is 0 Å². The van der Waals surface area contributed by atoms with Crippen LogP contribution in [-0.4, -0.2) is 19.7 Å². The lowest BCUT2D eigenvalue weighted by molar-refractivity contribution is 0.324. The van der Waals surface area contributed by atoms with E-state index in [-0.39, 0.29) is 0 Å². The van der Waals surface area contributed by atoms with Crippen LogP contribution < -0.4 is 9.64 Å². The minimum atomic E-state index is 0.657. The Morgan fingerprint density at radius 3 is 2.32 bits per heavy atom. The molecule has 0 bridgehead atoms. The molecular weight excluding hydrogens is 258 g/mol. The number of halogens is 1. The van der Waals surface area contributed by atoms with Crippen LogP contribution >= 0.6 is 11.6 Å². The SMILES string of the molecule is CCN(CCOc1ccc(Cl)cc1)c1ccccc1. The van der Waals surface area contributed by atoms with Crippen LogP contribution in [0.2, 0.25) is 5.02 Å². The van der Waals surface area contributed by atoms with E-state index in [2.05, 4.69) is 36.1 Å². The fourth-order valence-corrected chi connectivity index (χ4v) is 2.04. The molecule has 0 fully saturated rings. The Morgan fingerprint density at radius 2 is 1.68 bits per heavy atom. The van der Waals surface area contributed by atoms with Crippen LogP contribution in [0.3, 0.4) is 0 Å². The average Bonchev–Trinajstić information content (AvgIpc) is 2.46. The summed E-state index contributed by atoms with van der Waals surface area (Å²) in [6, 6.07) is 17.8. The van der Waals surface area contributed by atoms with Crippen molar-refractivity contribution in [3.8, 4) is 5.75 Å². The summed E-state index contributed by atoms with van der Waals surface area (Å²) in [7, 11) is 0. The molecule has 0 aliphatic heterocycles. The molecule has 100 valence electrons. The zero-order valence-electron chi connectivity index (χ0n) is 11.1. The van der Waals surface area contributed by atoms with E-state index >= 15 is 0 Å². The van der Waals surface area contributed by atoms with Gasteiger partial charge in [0.25, 0.3) is 0 Å². The number of hydrogen-bond donors (Lipinski definition) is 0. The van der Waals surface area contributed by atoms with Crippen LogP contribution in [0, 0.1) is 0 Å². The molecule has 0 saturated carbocycles. The summed E-state index contributed by atoms with van der Waals surface area (Å²) in [5.41, 5.74) is 1.23. The van der Waals surface area contributed by atoms with Gasteiger partial charge in [-0.05, 0) is 43.3 Å². The van der Waals surface area contributed by atoms with Gasteiger partial charge in [0.05, 0.1) is 6.54 Å². The van der Waals surface area contributed by atoms with Gasteiger partial charge < -0.3 is 9.64 Å². The topological polar surface area (TPSA) is 12.5 Å². The van der Waals surface area contributed by atoms with Crippen LogP contribution in [-0.2, 0) is 0 Å². The van der Waals surface area contributed by atoms with E-state index in [9.17, 15) is 0 Å². The molecule has 2 aromatic carbocycles. The van der Waals surface area contributed by atoms with Gasteiger partial charge in [-0.2, -0.15) is 0 Å². The molecule has 0 saturated heterocycles. The van der Waals surface area contributed by atoms with Crippen molar-refractivity contribution in [2.24, 2.45) is 0 Å². The van der Waals surface area contributed by atoms with E-state index in [1.165, 1.54) is 5.69 Å². The van der Waals surface area contributed by atoms with E-state index < -0.39 is 0 Å². The molecule has 0 aliphatic rings. The Bertz CT molecular complexity index is 484. The number of ether oxygens (including phenoxy) is 1. The quantitative estimate of drug-likeness (QED) is 0.782. The molecule has 0 unspecified atom stereocenters. The van der Waals surface area contributed by atoms with Crippen molar-refractivity contribution in [3.05, 3.63) is 59.6 Å². The molecule has 0 radical (unpaired) electrons. The van der Waals surface area contributed by atoms with Crippen molar-refractivity contribution >= 4 is 17.3 Å². The molecule has 0 atom stereocenters. The van der Waals surface area contributed by atoms with Crippen molar-refractivity contribution in [1.82, 2.24) is 0 Å². The highest BCUT2D eigenvalue weighted by Crippen LogP contribution is 2.16. The first-order valence-electron chi connectivity index (χ1n) is 6.48. The number of benzene rings is 2. The lowest BCUT2D eigenvalue weighted by atomic mass is 10.3. The highest BCUT2D eigenvalue weighted by molar-refractivity contribution is 6.30. The Balaban J connectivity index is 1.85. The molecule has 0 spiro atoms. The second-order valence-electron chi connectivity index (χ2n) is 4.22. The summed E-state index contributed by atoms with van der Waals surface area (Å²) < 4.78 is 5.71. The van der Waals surface area contributed by atoms with Crippen LogP contribution in [0.4, 0.5) is 5.69 Å². The number of anilines is 1. The number of nitrogens with zero attached hydrogens (tertiary/aromatic N) is 1. The monoisotopic (exact) mass is 275 g/mol. The molecule has 0 aliphatic carbocycles. The van der Waals surface area contributed by atoms with Gasteiger partial charge in [-0.15, -0.1) is 0 Å². The van der Waals surface area contributed by atoms with Gasteiger partial charge in [0.2, 0.25) is 0 Å². The predicted molar refractivity (Wildman–Crippen MR) is 81.3 cm³/mol. The first-order valence-corrected chi connectivity index (χ1v) is 6.85. The molecule has 0 amide bonds. The maximum absolute atomic E-state index is 5.83. The normalized spacial score (nSPS) is 10.2. The van der Waals surface area contributed by atoms with Crippen LogP contribution in [0.1, 0.15) is 6.92 Å². The predicted octanol–water partition coefficient (Wildman–Crippen LogP) is 4.25. The van der Waals surface area contributed by atoms with Crippen LogP contribution in [0.5, 0.6) is 5.75 Å². The average molecular weight is 276 g/mol. The number of hydrogen-bond acceptors (Lipinski definition) is 2. The van der Waals surface area contributed by atoms with Crippen LogP contribution in [0.25, 0.3) is 0 Å². The summed E-state index contributed by atoms with van der Waals surface area (Å²) in [5, 5.41) is 0.729. The molecule has 2 aromatic rings. The Morgan fingerprint density at radius 1 is 1.00 bits per heavy atom. The first kappa shape index (κ1) is 13.8. The molecule has 2 rings (SSSR count). The third-order valence-electron chi connectivity index (χ3n) is 2.95. The first-order chi connectivity index (χ1) is 9.29. The van der Waals surface area contributed by atoms with Gasteiger partial charge >= 0.3 is 0 Å². The van der Waals surface area contributed by atoms with E-state index in [4.69, 9.17) is 16.3 Å². The van der Waals surface area contributed by atoms with Gasteiger partial charge in [0.15, 0.2) is 0 Å². The van der Waals surface area contributed by atoms with Gasteiger partial charge in [-0.1, -0.05) is 29.8 Å². The lowest BCUT2D eigenvalue weighted by Crippen LogP contribution is -2.27. The summed E-state index contributed by atoms with van der Waals surface area (Å²) in [5.74, 6) is 0.855. The van der Waals surface area contributed by atoms with Crippen molar-refractivity contribution in [3.63, 3.8) is 0 Å². The Hall–Kier alpha value is -1.67. The van der Waals surface area contributed by atoms with Gasteiger partial charge in [0, 0.05) is 17.3 Å². The minimum absolute atomic E-state index is 0.657. The highest BCUT2D eigenvalue weighted by Gasteiger charge is 2.03. The Labute approximate surface area is 119 Å². The number of likely N-dealkylation sites (N-methyl/N-ethyl adjacent to an activating group) is 1. The third-order valence-corrected chi connectivity index (χ3v) is 3.20. The fraction of sp³-hybridized carbons (Fsp3) is 0.250. The third kappa shape index (κ3) is 4.18. The summed E-state index contributed by atoms with van der Waals surface area (Å²) >= 11 is 5.83. The van der Waals surface area contributed by atoms with Gasteiger partial charge in [-0.3, -0.25) is 0 Å². The molecule has 3 heteroatoms. The summed E-state index contributed by atoms with van der Waals surface area (Å²) in [6.07, 6.45) is 0. The standard InChI is InChI=1S/C16H18ClNO/c1-2-18(15-6-4-3-5-7-15)12-13-19-16-10-8-14(17)9-11-16/h3-11H,2,12-13H2,1H3. The fourth-order valence-electron chi connectivity index (χ4n) is 1.91. The molecular formula is C16H18ClNO. The van der Waals surface area contributed by atoms with Crippen molar-refractivity contribution in [2.45, 2.75) is 6.92 Å². The van der Waals surface area contributed by atoms with E-state index in [1.54, 1.807) is 0 Å². The molecule has 19 heavy (non-hydrogen) atoms. The second kappa shape index (κ2) is 7.05. The molecule has 0 heterocycles. The molecule has 0 N–H and O–H groups in total. The number of para-hydroxylation sites is 1. The maximum Gasteiger partial charge on any atom is 0.119 e. The molecule has 2 nitrogen and oxygen atoms in total. The molecule has 0 aromatic heterocycles. The minimum Gasteiger partial charge on any atom is -0.492 e. The summed E-state index contributed by atoms with van der Waals surface area (Å²) in [6.45, 7) is 4.64. The van der Waals surface area contributed by atoms with E-state index in [0.717, 1.165) is 23.9 Å². The zero-order chi connectivity index (χ0) is 13.5. The largest absolute Gasteiger partial charge is 0.492 e. The second-order valence-corrected chi connectivity index (χ2v) is 4.65. The van der Waals surface area contributed by atoms with Crippen molar-refractivity contribution in [2.75, 3.05) is 24.6 Å². The lowest BCUT2D eigenvalue weighted by Gasteiger charge is -2.23. The van der Waals surface area contributed by atoms with Gasteiger partial charge in [0.1, 0.15) is 12.4 Å². The smallest absolute Gasteiger partial charge is 0.119 e. The Kier molecular flexibility index (Phi) is 5.10. The van der Waals surface area contributed by atoms with E-state index in [0.29, 0.717) is 6.61 Å². The van der Waals surface area contributed by atoms with Crippen LogP contribution in [0.15, 0.2) is 54.6 Å². The maximum atomic E-state index is 5.83.